The molecule has 0 aliphatic carbocycles. The fourth-order valence-corrected chi connectivity index (χ4v) is 2.07. The molecule has 2 nitrogen and oxygen atoms in total. The molecule has 0 unspecified atom stereocenters. The van der Waals surface area contributed by atoms with Crippen LogP contribution in [0.3, 0.4) is 0 Å². The van der Waals surface area contributed by atoms with Gasteiger partial charge in [0.15, 0.2) is 0 Å². The van der Waals surface area contributed by atoms with Gasteiger partial charge in [0.25, 0.3) is 0 Å². The highest BCUT2D eigenvalue weighted by Crippen LogP contribution is 2.29. The summed E-state index contributed by atoms with van der Waals surface area (Å²) in [6.45, 7) is 0. The minimum Gasteiger partial charge on any atom is -0.399 e. The van der Waals surface area contributed by atoms with Gasteiger partial charge in [0.05, 0.1) is 5.69 Å². The van der Waals surface area contributed by atoms with Gasteiger partial charge in [-0.1, -0.05) is 22.0 Å². The Labute approximate surface area is 111 Å². The highest BCUT2D eigenvalue weighted by molar-refractivity contribution is 9.11. The second-order valence-corrected chi connectivity index (χ2v) is 5.14. The lowest BCUT2D eigenvalue weighted by atomic mass is 10.2. The number of hydrogen-bond donors (Lipinski definition) is 2. The van der Waals surface area contributed by atoms with Crippen LogP contribution in [0.15, 0.2) is 51.4 Å². The molecule has 0 radical (unpaired) electrons. The molecule has 0 heterocycles. The molecule has 0 aliphatic heterocycles. The van der Waals surface area contributed by atoms with Crippen molar-refractivity contribution in [3.63, 3.8) is 0 Å². The number of nitrogens with two attached hydrogens (primary N) is 1. The molecule has 16 heavy (non-hydrogen) atoms. The molecule has 0 aromatic heterocycles. The van der Waals surface area contributed by atoms with Crippen molar-refractivity contribution < 1.29 is 0 Å². The molecule has 2 aromatic rings. The van der Waals surface area contributed by atoms with Gasteiger partial charge in [-0.2, -0.15) is 0 Å². The molecule has 0 saturated carbocycles. The first kappa shape index (κ1) is 11.5. The fraction of sp³-hybridized carbons (Fsp3) is 0. The Kier molecular flexibility index (Phi) is 3.51. The van der Waals surface area contributed by atoms with E-state index in [9.17, 15) is 0 Å². The lowest BCUT2D eigenvalue weighted by molar-refractivity contribution is 1.51. The number of halogens is 2. The second-order valence-electron chi connectivity index (χ2n) is 3.37. The number of benzene rings is 2. The van der Waals surface area contributed by atoms with Gasteiger partial charge in [-0.25, -0.2) is 0 Å². The summed E-state index contributed by atoms with van der Waals surface area (Å²) in [5.74, 6) is 0. The van der Waals surface area contributed by atoms with Gasteiger partial charge in [-0.15, -0.1) is 0 Å². The van der Waals surface area contributed by atoms with Crippen LogP contribution < -0.4 is 11.1 Å². The third kappa shape index (κ3) is 2.77. The van der Waals surface area contributed by atoms with Crippen molar-refractivity contribution in [2.24, 2.45) is 0 Å². The summed E-state index contributed by atoms with van der Waals surface area (Å²) >= 11 is 6.93. The summed E-state index contributed by atoms with van der Waals surface area (Å²) in [5.41, 5.74) is 8.44. The van der Waals surface area contributed by atoms with Crippen molar-refractivity contribution in [1.29, 1.82) is 0 Å². The number of nitrogens with one attached hydrogen (secondary N) is 1. The number of hydrogen-bond acceptors (Lipinski definition) is 2. The predicted molar refractivity (Wildman–Crippen MR) is 76.0 cm³/mol. The molecule has 0 spiro atoms. The van der Waals surface area contributed by atoms with Crippen molar-refractivity contribution in [3.8, 4) is 0 Å². The molecular weight excluding hydrogens is 332 g/mol. The van der Waals surface area contributed by atoms with Crippen molar-refractivity contribution in [1.82, 2.24) is 0 Å². The van der Waals surface area contributed by atoms with Crippen LogP contribution in [0.4, 0.5) is 17.1 Å². The van der Waals surface area contributed by atoms with Crippen LogP contribution in [0.1, 0.15) is 0 Å². The van der Waals surface area contributed by atoms with Crippen LogP contribution >= 0.6 is 31.9 Å². The molecule has 0 fully saturated rings. The number of anilines is 3. The van der Waals surface area contributed by atoms with Crippen molar-refractivity contribution in [2.75, 3.05) is 11.1 Å². The van der Waals surface area contributed by atoms with E-state index in [2.05, 4.69) is 37.2 Å². The van der Waals surface area contributed by atoms with Gasteiger partial charge in [0, 0.05) is 20.3 Å². The minimum atomic E-state index is 0.746. The summed E-state index contributed by atoms with van der Waals surface area (Å²) in [4.78, 5) is 0. The molecule has 0 bridgehead atoms. The largest absolute Gasteiger partial charge is 0.399 e. The van der Waals surface area contributed by atoms with E-state index in [4.69, 9.17) is 5.73 Å². The first-order valence-corrected chi connectivity index (χ1v) is 6.31. The fourth-order valence-electron chi connectivity index (χ4n) is 1.37. The van der Waals surface area contributed by atoms with Gasteiger partial charge in [-0.3, -0.25) is 0 Å². The summed E-state index contributed by atoms with van der Waals surface area (Å²) in [6, 6.07) is 13.6. The normalized spacial score (nSPS) is 10.1. The highest BCUT2D eigenvalue weighted by Gasteiger charge is 2.01. The molecule has 0 saturated heterocycles. The summed E-state index contributed by atoms with van der Waals surface area (Å²) in [5, 5.41) is 3.30. The molecule has 2 rings (SSSR count). The molecule has 3 N–H and O–H groups in total. The van der Waals surface area contributed by atoms with Crippen LogP contribution in [0.25, 0.3) is 0 Å². The Hall–Kier alpha value is -1.000. The average molecular weight is 342 g/mol. The van der Waals surface area contributed by atoms with E-state index < -0.39 is 0 Å². The van der Waals surface area contributed by atoms with Crippen molar-refractivity contribution in [3.05, 3.63) is 51.4 Å². The van der Waals surface area contributed by atoms with Gasteiger partial charge < -0.3 is 11.1 Å². The zero-order chi connectivity index (χ0) is 11.5. The SMILES string of the molecule is Nc1cccc(Nc2cc(Br)ccc2Br)c1. The maximum absolute atomic E-state index is 5.72. The van der Waals surface area contributed by atoms with Gasteiger partial charge in [0.1, 0.15) is 0 Å². The van der Waals surface area contributed by atoms with E-state index in [0.29, 0.717) is 0 Å². The topological polar surface area (TPSA) is 38.0 Å². The van der Waals surface area contributed by atoms with Crippen LogP contribution in [-0.4, -0.2) is 0 Å². The van der Waals surface area contributed by atoms with Crippen molar-refractivity contribution >= 4 is 48.9 Å². The Morgan fingerprint density at radius 1 is 1.00 bits per heavy atom. The van der Waals surface area contributed by atoms with E-state index in [1.165, 1.54) is 0 Å². The van der Waals surface area contributed by atoms with Gasteiger partial charge in [0.2, 0.25) is 0 Å². The summed E-state index contributed by atoms with van der Waals surface area (Å²) in [7, 11) is 0. The van der Waals surface area contributed by atoms with E-state index in [-0.39, 0.29) is 0 Å². The first-order valence-electron chi connectivity index (χ1n) is 4.73. The van der Waals surface area contributed by atoms with Gasteiger partial charge in [-0.05, 0) is 52.3 Å². The maximum Gasteiger partial charge on any atom is 0.0539 e. The zero-order valence-electron chi connectivity index (χ0n) is 8.37. The Balaban J connectivity index is 2.30. The van der Waals surface area contributed by atoms with E-state index >= 15 is 0 Å². The molecule has 0 amide bonds. The van der Waals surface area contributed by atoms with E-state index in [1.54, 1.807) is 0 Å². The monoisotopic (exact) mass is 340 g/mol. The maximum atomic E-state index is 5.72. The molecule has 0 atom stereocenters. The lowest BCUT2D eigenvalue weighted by Gasteiger charge is -2.09. The summed E-state index contributed by atoms with van der Waals surface area (Å²) < 4.78 is 2.04. The van der Waals surface area contributed by atoms with Crippen LogP contribution in [0, 0.1) is 0 Å². The first-order chi connectivity index (χ1) is 7.65. The number of rotatable bonds is 2. The van der Waals surface area contributed by atoms with Crippen molar-refractivity contribution in [2.45, 2.75) is 0 Å². The highest BCUT2D eigenvalue weighted by atomic mass is 79.9. The van der Waals surface area contributed by atoms with Crippen LogP contribution in [0.2, 0.25) is 0 Å². The number of nitrogen functional groups attached to an aromatic ring is 1. The van der Waals surface area contributed by atoms with E-state index in [0.717, 1.165) is 26.0 Å². The predicted octanol–water partition coefficient (Wildman–Crippen LogP) is 4.54. The molecule has 82 valence electrons. The second kappa shape index (κ2) is 4.89. The third-order valence-corrected chi connectivity index (χ3v) is 3.28. The standard InChI is InChI=1S/C12H10Br2N2/c13-8-4-5-11(14)12(6-8)16-10-3-1-2-9(15)7-10/h1-7,16H,15H2. The molecule has 0 aliphatic rings. The minimum absolute atomic E-state index is 0.746. The van der Waals surface area contributed by atoms with E-state index in [1.807, 2.05) is 42.5 Å². The molecular formula is C12H10Br2N2. The smallest absolute Gasteiger partial charge is 0.0539 e. The Morgan fingerprint density at radius 2 is 1.81 bits per heavy atom. The van der Waals surface area contributed by atoms with Gasteiger partial charge >= 0.3 is 0 Å². The Bertz CT molecular complexity index is 512. The zero-order valence-corrected chi connectivity index (χ0v) is 11.5. The lowest BCUT2D eigenvalue weighted by Crippen LogP contribution is -1.93. The Morgan fingerprint density at radius 3 is 2.56 bits per heavy atom. The molecule has 4 heteroatoms. The summed E-state index contributed by atoms with van der Waals surface area (Å²) in [6.07, 6.45) is 0. The van der Waals surface area contributed by atoms with Crippen LogP contribution in [0.5, 0.6) is 0 Å². The quantitative estimate of drug-likeness (QED) is 0.787. The average Bonchev–Trinajstić information content (AvgIpc) is 2.24. The third-order valence-electron chi connectivity index (χ3n) is 2.09. The molecule has 2 aromatic carbocycles. The van der Waals surface area contributed by atoms with Crippen LogP contribution in [-0.2, 0) is 0 Å².